The van der Waals surface area contributed by atoms with Gasteiger partial charge < -0.3 is 11.1 Å². The van der Waals surface area contributed by atoms with Crippen molar-refractivity contribution in [1.82, 2.24) is 5.32 Å². The smallest absolute Gasteiger partial charge is 0.252 e. The Morgan fingerprint density at radius 2 is 2.24 bits per heavy atom. The maximum Gasteiger partial charge on any atom is 0.252 e. The van der Waals surface area contributed by atoms with Gasteiger partial charge in [-0.15, -0.1) is 0 Å². The number of hydrogen-bond donors (Lipinski definition) is 2. The molecule has 0 atom stereocenters. The van der Waals surface area contributed by atoms with E-state index in [0.29, 0.717) is 15.7 Å². The summed E-state index contributed by atoms with van der Waals surface area (Å²) in [5.74, 6) is -0.522. The van der Waals surface area contributed by atoms with Crippen molar-refractivity contribution >= 4 is 28.5 Å². The number of benzene rings is 1. The first kappa shape index (κ1) is 12.8. The summed E-state index contributed by atoms with van der Waals surface area (Å²) in [4.78, 5) is 11.9. The number of nitrogens with one attached hydrogen (secondary N) is 1. The number of rotatable bonds is 3. The molecule has 1 aromatic rings. The number of carbonyl (C=O) groups is 1. The van der Waals surface area contributed by atoms with Crippen molar-refractivity contribution in [2.75, 3.05) is 6.54 Å². The van der Waals surface area contributed by atoms with Crippen LogP contribution in [-0.4, -0.2) is 18.0 Å². The SMILES string of the molecule is NC1(CNC(=O)c2ccc(F)cc2I)CCC1. The predicted octanol–water partition coefficient (Wildman–Crippen LogP) is 2.04. The first-order valence-corrected chi connectivity index (χ1v) is 6.60. The molecule has 17 heavy (non-hydrogen) atoms. The molecule has 3 N–H and O–H groups in total. The van der Waals surface area contributed by atoms with Crippen LogP contribution in [0.3, 0.4) is 0 Å². The van der Waals surface area contributed by atoms with Crippen molar-refractivity contribution in [3.8, 4) is 0 Å². The normalized spacial score (nSPS) is 17.4. The molecule has 0 bridgehead atoms. The third kappa shape index (κ3) is 2.95. The van der Waals surface area contributed by atoms with Crippen molar-refractivity contribution in [1.29, 1.82) is 0 Å². The average Bonchev–Trinajstić information content (AvgIpc) is 2.23. The highest BCUT2D eigenvalue weighted by Crippen LogP contribution is 2.28. The van der Waals surface area contributed by atoms with Gasteiger partial charge in [-0.2, -0.15) is 0 Å². The van der Waals surface area contributed by atoms with E-state index in [9.17, 15) is 9.18 Å². The Morgan fingerprint density at radius 1 is 1.53 bits per heavy atom. The highest BCUT2D eigenvalue weighted by atomic mass is 127. The maximum absolute atomic E-state index is 12.9. The molecule has 1 saturated carbocycles. The second-order valence-electron chi connectivity index (χ2n) is 4.52. The van der Waals surface area contributed by atoms with E-state index in [0.717, 1.165) is 19.3 Å². The molecule has 1 amide bonds. The lowest BCUT2D eigenvalue weighted by atomic mass is 9.78. The van der Waals surface area contributed by atoms with Gasteiger partial charge in [-0.1, -0.05) is 0 Å². The van der Waals surface area contributed by atoms with Crippen LogP contribution < -0.4 is 11.1 Å². The molecule has 2 rings (SSSR count). The Kier molecular flexibility index (Phi) is 3.67. The zero-order chi connectivity index (χ0) is 12.5. The lowest BCUT2D eigenvalue weighted by Crippen LogP contribution is -2.55. The second-order valence-corrected chi connectivity index (χ2v) is 5.68. The lowest BCUT2D eigenvalue weighted by molar-refractivity contribution is 0.0929. The summed E-state index contributed by atoms with van der Waals surface area (Å²) in [6.45, 7) is 0.485. The number of nitrogens with two attached hydrogens (primary N) is 1. The van der Waals surface area contributed by atoms with Gasteiger partial charge in [0.1, 0.15) is 5.82 Å². The minimum absolute atomic E-state index is 0.189. The van der Waals surface area contributed by atoms with Crippen LogP contribution in [0.25, 0.3) is 0 Å². The largest absolute Gasteiger partial charge is 0.350 e. The van der Waals surface area contributed by atoms with Crippen LogP contribution in [0.5, 0.6) is 0 Å². The molecule has 0 spiro atoms. The Balaban J connectivity index is 1.99. The van der Waals surface area contributed by atoms with Gasteiger partial charge in [-0.05, 0) is 60.1 Å². The van der Waals surface area contributed by atoms with Gasteiger partial charge in [0.05, 0.1) is 5.56 Å². The maximum atomic E-state index is 12.9. The molecule has 1 aliphatic rings. The van der Waals surface area contributed by atoms with Gasteiger partial charge in [0, 0.05) is 15.7 Å². The van der Waals surface area contributed by atoms with Crippen molar-refractivity contribution in [2.24, 2.45) is 5.73 Å². The van der Waals surface area contributed by atoms with Crippen LogP contribution in [-0.2, 0) is 0 Å². The molecule has 0 aliphatic heterocycles. The topological polar surface area (TPSA) is 55.1 Å². The summed E-state index contributed by atoms with van der Waals surface area (Å²) in [6.07, 6.45) is 3.03. The molecular formula is C12H14FIN2O. The highest BCUT2D eigenvalue weighted by Gasteiger charge is 2.32. The Bertz CT molecular complexity index is 446. The molecule has 0 unspecified atom stereocenters. The number of halogens is 2. The molecule has 5 heteroatoms. The molecule has 92 valence electrons. The van der Waals surface area contributed by atoms with E-state index in [4.69, 9.17) is 5.73 Å². The zero-order valence-electron chi connectivity index (χ0n) is 9.30. The van der Waals surface area contributed by atoms with Gasteiger partial charge in [0.15, 0.2) is 0 Å². The van der Waals surface area contributed by atoms with Crippen LogP contribution in [0.1, 0.15) is 29.6 Å². The minimum atomic E-state index is -0.333. The Labute approximate surface area is 113 Å². The first-order chi connectivity index (χ1) is 8.00. The molecule has 1 aromatic carbocycles. The van der Waals surface area contributed by atoms with Crippen molar-refractivity contribution in [3.63, 3.8) is 0 Å². The Hall–Kier alpha value is -0.690. The van der Waals surface area contributed by atoms with E-state index >= 15 is 0 Å². The molecule has 1 aliphatic carbocycles. The van der Waals surface area contributed by atoms with E-state index in [1.165, 1.54) is 18.2 Å². The molecule has 0 aromatic heterocycles. The van der Waals surface area contributed by atoms with Crippen LogP contribution in [0.15, 0.2) is 18.2 Å². The molecule has 3 nitrogen and oxygen atoms in total. The average molecular weight is 348 g/mol. The summed E-state index contributed by atoms with van der Waals surface area (Å²) >= 11 is 1.95. The molecule has 1 fully saturated rings. The van der Waals surface area contributed by atoms with Gasteiger partial charge >= 0.3 is 0 Å². The molecule has 0 saturated heterocycles. The standard InChI is InChI=1S/C12H14FIN2O/c13-8-2-3-9(10(14)6-8)11(17)16-7-12(15)4-1-5-12/h2-3,6H,1,4-5,7,15H2,(H,16,17). The Morgan fingerprint density at radius 3 is 2.76 bits per heavy atom. The monoisotopic (exact) mass is 348 g/mol. The fourth-order valence-electron chi connectivity index (χ4n) is 1.83. The van der Waals surface area contributed by atoms with Crippen molar-refractivity contribution in [3.05, 3.63) is 33.1 Å². The highest BCUT2D eigenvalue weighted by molar-refractivity contribution is 14.1. The third-order valence-corrected chi connectivity index (χ3v) is 4.02. The van der Waals surface area contributed by atoms with Gasteiger partial charge in [-0.25, -0.2) is 4.39 Å². The van der Waals surface area contributed by atoms with Crippen molar-refractivity contribution < 1.29 is 9.18 Å². The third-order valence-electron chi connectivity index (χ3n) is 3.13. The van der Waals surface area contributed by atoms with E-state index < -0.39 is 0 Å². The van der Waals surface area contributed by atoms with E-state index in [1.807, 2.05) is 22.6 Å². The summed E-state index contributed by atoms with van der Waals surface area (Å²) < 4.78 is 13.5. The fourth-order valence-corrected chi connectivity index (χ4v) is 2.56. The first-order valence-electron chi connectivity index (χ1n) is 5.52. The summed E-state index contributed by atoms with van der Waals surface area (Å²) in [5.41, 5.74) is 6.28. The lowest BCUT2D eigenvalue weighted by Gasteiger charge is -2.38. The predicted molar refractivity (Wildman–Crippen MR) is 72.2 cm³/mol. The van der Waals surface area contributed by atoms with E-state index in [1.54, 1.807) is 0 Å². The quantitative estimate of drug-likeness (QED) is 0.822. The van der Waals surface area contributed by atoms with Crippen molar-refractivity contribution in [2.45, 2.75) is 24.8 Å². The molecule has 0 heterocycles. The van der Waals surface area contributed by atoms with Crippen LogP contribution in [0.2, 0.25) is 0 Å². The number of hydrogen-bond acceptors (Lipinski definition) is 2. The van der Waals surface area contributed by atoms with Crippen LogP contribution >= 0.6 is 22.6 Å². The summed E-state index contributed by atoms with van der Waals surface area (Å²) in [6, 6.07) is 4.13. The van der Waals surface area contributed by atoms with Gasteiger partial charge in [0.25, 0.3) is 5.91 Å². The molecule has 0 radical (unpaired) electrons. The molecular weight excluding hydrogens is 334 g/mol. The van der Waals surface area contributed by atoms with Crippen LogP contribution in [0.4, 0.5) is 4.39 Å². The number of carbonyl (C=O) groups excluding carboxylic acids is 1. The van der Waals surface area contributed by atoms with Crippen LogP contribution in [0, 0.1) is 9.39 Å². The van der Waals surface area contributed by atoms with Gasteiger partial charge in [-0.3, -0.25) is 4.79 Å². The number of amides is 1. The van der Waals surface area contributed by atoms with E-state index in [2.05, 4.69) is 5.32 Å². The van der Waals surface area contributed by atoms with E-state index in [-0.39, 0.29) is 17.3 Å². The second kappa shape index (κ2) is 4.89. The zero-order valence-corrected chi connectivity index (χ0v) is 11.5. The van der Waals surface area contributed by atoms with Gasteiger partial charge in [0.2, 0.25) is 0 Å². The summed E-state index contributed by atoms with van der Waals surface area (Å²) in [5, 5.41) is 2.81. The fraction of sp³-hybridized carbons (Fsp3) is 0.417. The summed E-state index contributed by atoms with van der Waals surface area (Å²) in [7, 11) is 0. The minimum Gasteiger partial charge on any atom is -0.350 e.